The number of carbonyl (C=O) groups excluding carboxylic acids is 1. The van der Waals surface area contributed by atoms with Crippen LogP contribution >= 0.6 is 27.7 Å². The number of hydrogen-bond acceptors (Lipinski definition) is 2. The van der Waals surface area contributed by atoms with E-state index in [1.165, 1.54) is 25.7 Å². The predicted octanol–water partition coefficient (Wildman–Crippen LogP) is 2.81. The Labute approximate surface area is 105 Å². The van der Waals surface area contributed by atoms with Gasteiger partial charge in [0.2, 0.25) is 5.91 Å². The molecule has 4 heteroatoms. The molecule has 1 fully saturated rings. The van der Waals surface area contributed by atoms with Gasteiger partial charge in [-0.1, -0.05) is 22.4 Å². The number of nitrogens with one attached hydrogen (secondary N) is 1. The Morgan fingerprint density at radius 2 is 2.33 bits per heavy atom. The molecule has 0 aromatic heterocycles. The Bertz CT molecular complexity index is 201. The predicted molar refractivity (Wildman–Crippen MR) is 70.7 cm³/mol. The molecule has 0 heterocycles. The number of carbonyl (C=O) groups is 1. The summed E-state index contributed by atoms with van der Waals surface area (Å²) in [4.78, 5) is 12.1. The van der Waals surface area contributed by atoms with E-state index in [1.807, 2.05) is 6.26 Å². The highest BCUT2D eigenvalue weighted by Crippen LogP contribution is 2.28. The third-order valence-electron chi connectivity index (χ3n) is 2.84. The SMILES string of the molecule is CSCCC(=O)NCC1CCCC(Br)C1. The van der Waals surface area contributed by atoms with Gasteiger partial charge in [0.25, 0.3) is 0 Å². The van der Waals surface area contributed by atoms with Gasteiger partial charge in [-0.05, 0) is 31.4 Å². The van der Waals surface area contributed by atoms with E-state index in [9.17, 15) is 4.79 Å². The first-order valence-electron chi connectivity index (χ1n) is 5.62. The second-order valence-electron chi connectivity index (χ2n) is 4.18. The zero-order valence-electron chi connectivity index (χ0n) is 9.30. The third-order valence-corrected chi connectivity index (χ3v) is 4.28. The van der Waals surface area contributed by atoms with Crippen LogP contribution in [0.3, 0.4) is 0 Å². The summed E-state index contributed by atoms with van der Waals surface area (Å²) in [5.41, 5.74) is 0. The molecule has 0 radical (unpaired) electrons. The van der Waals surface area contributed by atoms with Gasteiger partial charge < -0.3 is 5.32 Å². The normalized spacial score (nSPS) is 26.3. The Hall–Kier alpha value is 0.300. The maximum atomic E-state index is 11.4. The maximum absolute atomic E-state index is 11.4. The van der Waals surface area contributed by atoms with E-state index in [1.54, 1.807) is 11.8 Å². The van der Waals surface area contributed by atoms with Crippen molar-refractivity contribution in [3.05, 3.63) is 0 Å². The molecule has 1 N–H and O–H groups in total. The van der Waals surface area contributed by atoms with Crippen molar-refractivity contribution in [2.45, 2.75) is 36.9 Å². The van der Waals surface area contributed by atoms with Crippen LogP contribution in [0, 0.1) is 5.92 Å². The largest absolute Gasteiger partial charge is 0.356 e. The lowest BCUT2D eigenvalue weighted by atomic mass is 9.89. The molecule has 2 nitrogen and oxygen atoms in total. The first-order valence-corrected chi connectivity index (χ1v) is 7.93. The van der Waals surface area contributed by atoms with Crippen LogP contribution in [0.4, 0.5) is 0 Å². The minimum atomic E-state index is 0.209. The number of hydrogen-bond donors (Lipinski definition) is 1. The highest BCUT2D eigenvalue weighted by atomic mass is 79.9. The van der Waals surface area contributed by atoms with Gasteiger partial charge in [-0.2, -0.15) is 11.8 Å². The molecule has 1 aliphatic carbocycles. The molecule has 88 valence electrons. The van der Waals surface area contributed by atoms with Crippen LogP contribution in [-0.2, 0) is 4.79 Å². The number of amides is 1. The molecule has 0 aromatic carbocycles. The lowest BCUT2D eigenvalue weighted by Crippen LogP contribution is -2.32. The van der Waals surface area contributed by atoms with Gasteiger partial charge in [-0.25, -0.2) is 0 Å². The van der Waals surface area contributed by atoms with E-state index in [4.69, 9.17) is 0 Å². The van der Waals surface area contributed by atoms with Crippen molar-refractivity contribution in [2.24, 2.45) is 5.92 Å². The van der Waals surface area contributed by atoms with E-state index in [-0.39, 0.29) is 5.91 Å². The molecule has 0 aliphatic heterocycles. The molecule has 1 amide bonds. The van der Waals surface area contributed by atoms with Crippen LogP contribution in [0.1, 0.15) is 32.1 Å². The minimum absolute atomic E-state index is 0.209. The van der Waals surface area contributed by atoms with Crippen LogP contribution in [0.2, 0.25) is 0 Å². The first-order chi connectivity index (χ1) is 7.22. The molecule has 0 aromatic rings. The Kier molecular flexibility index (Phi) is 6.73. The molecule has 0 saturated heterocycles. The van der Waals surface area contributed by atoms with E-state index >= 15 is 0 Å². The topological polar surface area (TPSA) is 29.1 Å². The lowest BCUT2D eigenvalue weighted by Gasteiger charge is -2.25. The average molecular weight is 294 g/mol. The molecule has 0 bridgehead atoms. The Balaban J connectivity index is 2.10. The second kappa shape index (κ2) is 7.55. The van der Waals surface area contributed by atoms with Crippen molar-refractivity contribution in [2.75, 3.05) is 18.6 Å². The minimum Gasteiger partial charge on any atom is -0.356 e. The van der Waals surface area contributed by atoms with Crippen LogP contribution in [0.5, 0.6) is 0 Å². The molecule has 2 atom stereocenters. The fourth-order valence-corrected chi connectivity index (χ4v) is 3.19. The van der Waals surface area contributed by atoms with Gasteiger partial charge in [0.05, 0.1) is 0 Å². The summed E-state index contributed by atoms with van der Waals surface area (Å²) in [6, 6.07) is 0. The molecule has 2 unspecified atom stereocenters. The van der Waals surface area contributed by atoms with Crippen molar-refractivity contribution in [1.29, 1.82) is 0 Å². The van der Waals surface area contributed by atoms with Crippen molar-refractivity contribution >= 4 is 33.6 Å². The molecule has 1 saturated carbocycles. The molecular formula is C11H20BrNOS. The van der Waals surface area contributed by atoms with Crippen molar-refractivity contribution in [3.8, 4) is 0 Å². The Morgan fingerprint density at radius 1 is 1.53 bits per heavy atom. The van der Waals surface area contributed by atoms with Crippen LogP contribution in [-0.4, -0.2) is 29.3 Å². The van der Waals surface area contributed by atoms with E-state index in [0.29, 0.717) is 17.2 Å². The van der Waals surface area contributed by atoms with Gasteiger partial charge in [0, 0.05) is 23.5 Å². The average Bonchev–Trinajstić information content (AvgIpc) is 2.23. The standard InChI is InChI=1S/C11H20BrNOS/c1-15-6-5-11(14)13-8-9-3-2-4-10(12)7-9/h9-10H,2-8H2,1H3,(H,13,14). The summed E-state index contributed by atoms with van der Waals surface area (Å²) in [6.45, 7) is 0.870. The van der Waals surface area contributed by atoms with Crippen LogP contribution in [0.25, 0.3) is 0 Å². The molecule has 15 heavy (non-hydrogen) atoms. The zero-order chi connectivity index (χ0) is 11.1. The van der Waals surface area contributed by atoms with E-state index < -0.39 is 0 Å². The van der Waals surface area contributed by atoms with Gasteiger partial charge >= 0.3 is 0 Å². The van der Waals surface area contributed by atoms with Crippen LogP contribution in [0.15, 0.2) is 0 Å². The van der Waals surface area contributed by atoms with Crippen molar-refractivity contribution in [3.63, 3.8) is 0 Å². The number of thioether (sulfide) groups is 1. The quantitative estimate of drug-likeness (QED) is 0.790. The summed E-state index contributed by atoms with van der Waals surface area (Å²) < 4.78 is 0. The monoisotopic (exact) mass is 293 g/mol. The number of rotatable bonds is 5. The molecule has 1 rings (SSSR count). The fourth-order valence-electron chi connectivity index (χ4n) is 1.95. The fraction of sp³-hybridized carbons (Fsp3) is 0.909. The first kappa shape index (κ1) is 13.4. The van der Waals surface area contributed by atoms with Gasteiger partial charge in [-0.3, -0.25) is 4.79 Å². The zero-order valence-corrected chi connectivity index (χ0v) is 11.7. The molecular weight excluding hydrogens is 274 g/mol. The Morgan fingerprint density at radius 3 is 3.00 bits per heavy atom. The summed E-state index contributed by atoms with van der Waals surface area (Å²) >= 11 is 5.39. The van der Waals surface area contributed by atoms with Gasteiger partial charge in [0.1, 0.15) is 0 Å². The lowest BCUT2D eigenvalue weighted by molar-refractivity contribution is -0.120. The third kappa shape index (κ3) is 5.81. The number of halogens is 1. The van der Waals surface area contributed by atoms with Crippen molar-refractivity contribution < 1.29 is 4.79 Å². The van der Waals surface area contributed by atoms with Gasteiger partial charge in [0.15, 0.2) is 0 Å². The smallest absolute Gasteiger partial charge is 0.220 e. The van der Waals surface area contributed by atoms with Crippen molar-refractivity contribution in [1.82, 2.24) is 5.32 Å². The molecule has 0 spiro atoms. The van der Waals surface area contributed by atoms with Gasteiger partial charge in [-0.15, -0.1) is 0 Å². The summed E-state index contributed by atoms with van der Waals surface area (Å²) in [7, 11) is 0. The van der Waals surface area contributed by atoms with E-state index in [2.05, 4.69) is 21.2 Å². The molecule has 1 aliphatic rings. The maximum Gasteiger partial charge on any atom is 0.220 e. The number of alkyl halides is 1. The van der Waals surface area contributed by atoms with Crippen LogP contribution < -0.4 is 5.32 Å². The van der Waals surface area contributed by atoms with E-state index in [0.717, 1.165) is 12.3 Å². The summed E-state index contributed by atoms with van der Waals surface area (Å²) in [5.74, 6) is 1.82. The summed E-state index contributed by atoms with van der Waals surface area (Å²) in [6.07, 6.45) is 7.75. The second-order valence-corrected chi connectivity index (χ2v) is 6.46. The summed E-state index contributed by atoms with van der Waals surface area (Å²) in [5, 5.41) is 3.03. The highest BCUT2D eigenvalue weighted by molar-refractivity contribution is 9.09. The highest BCUT2D eigenvalue weighted by Gasteiger charge is 2.19.